The lowest BCUT2D eigenvalue weighted by Gasteiger charge is -2.53. The third kappa shape index (κ3) is 2.13. The largest absolute Gasteiger partial charge is 0.462 e. The molecule has 124 valence electrons. The molecule has 2 fully saturated rings. The van der Waals surface area contributed by atoms with Crippen LogP contribution in [0.2, 0.25) is 0 Å². The Bertz CT molecular complexity index is 499. The molecule has 0 aromatic carbocycles. The number of aldehydes is 2. The van der Waals surface area contributed by atoms with Crippen LogP contribution in [0.5, 0.6) is 0 Å². The van der Waals surface area contributed by atoms with E-state index in [1.54, 1.807) is 6.92 Å². The van der Waals surface area contributed by atoms with E-state index < -0.39 is 40.3 Å². The van der Waals surface area contributed by atoms with E-state index in [9.17, 15) is 19.5 Å². The third-order valence-electron chi connectivity index (χ3n) is 5.87. The minimum absolute atomic E-state index is 0.156. The van der Waals surface area contributed by atoms with Gasteiger partial charge in [0.15, 0.2) is 0 Å². The van der Waals surface area contributed by atoms with Gasteiger partial charge in [-0.1, -0.05) is 27.7 Å². The lowest BCUT2D eigenvalue weighted by molar-refractivity contribution is -0.204. The molecule has 0 amide bonds. The Morgan fingerprint density at radius 3 is 2.32 bits per heavy atom. The molecule has 2 rings (SSSR count). The van der Waals surface area contributed by atoms with Gasteiger partial charge < -0.3 is 19.4 Å². The van der Waals surface area contributed by atoms with Crippen LogP contribution in [0.4, 0.5) is 0 Å². The molecular weight excluding hydrogens is 284 g/mol. The van der Waals surface area contributed by atoms with E-state index in [-0.39, 0.29) is 5.92 Å². The second-order valence-corrected chi connectivity index (χ2v) is 8.03. The van der Waals surface area contributed by atoms with Crippen LogP contribution >= 0.6 is 0 Å². The Balaban J connectivity index is 2.61. The van der Waals surface area contributed by atoms with Crippen molar-refractivity contribution in [3.8, 4) is 0 Å². The van der Waals surface area contributed by atoms with Crippen LogP contribution in [0.3, 0.4) is 0 Å². The van der Waals surface area contributed by atoms with Crippen LogP contribution < -0.4 is 0 Å². The Morgan fingerprint density at radius 1 is 1.27 bits per heavy atom. The second-order valence-electron chi connectivity index (χ2n) is 8.03. The number of fused-ring (bicyclic) bond motifs is 1. The van der Waals surface area contributed by atoms with Gasteiger partial charge in [0.1, 0.15) is 18.7 Å². The van der Waals surface area contributed by atoms with Crippen LogP contribution in [0, 0.1) is 28.6 Å². The SMILES string of the molecule is CC(=O)O[C@H]1C[C@@H](C)[C@@H](C=O)[C@@]2(O)[C@@H]1C(C)(C)C[C@]2(C)C=O. The number of ether oxygens (including phenoxy) is 1. The van der Waals surface area contributed by atoms with Crippen molar-refractivity contribution in [1.82, 2.24) is 0 Å². The first-order valence-electron chi connectivity index (χ1n) is 7.84. The monoisotopic (exact) mass is 310 g/mol. The first-order valence-corrected chi connectivity index (χ1v) is 7.84. The summed E-state index contributed by atoms with van der Waals surface area (Å²) in [5.41, 5.74) is -2.93. The highest BCUT2D eigenvalue weighted by molar-refractivity contribution is 5.69. The summed E-state index contributed by atoms with van der Waals surface area (Å²) in [6, 6.07) is 0. The lowest BCUT2D eigenvalue weighted by Crippen LogP contribution is -2.63. The van der Waals surface area contributed by atoms with Crippen molar-refractivity contribution >= 4 is 18.5 Å². The zero-order valence-electron chi connectivity index (χ0n) is 14.0. The predicted molar refractivity (Wildman–Crippen MR) is 79.9 cm³/mol. The topological polar surface area (TPSA) is 80.7 Å². The van der Waals surface area contributed by atoms with Crippen molar-refractivity contribution in [3.63, 3.8) is 0 Å². The smallest absolute Gasteiger partial charge is 0.302 e. The molecule has 0 heterocycles. The van der Waals surface area contributed by atoms with E-state index in [0.717, 1.165) is 12.6 Å². The van der Waals surface area contributed by atoms with Gasteiger partial charge in [0.05, 0.1) is 11.0 Å². The molecule has 1 N–H and O–H groups in total. The maximum atomic E-state index is 11.8. The average molecular weight is 310 g/mol. The number of aliphatic hydroxyl groups is 1. The summed E-state index contributed by atoms with van der Waals surface area (Å²) in [6.07, 6.45) is 2.04. The first-order chi connectivity index (χ1) is 10.0. The Hall–Kier alpha value is -1.23. The molecule has 0 radical (unpaired) electrons. The number of hydrogen-bond acceptors (Lipinski definition) is 5. The van der Waals surface area contributed by atoms with Crippen LogP contribution in [0.15, 0.2) is 0 Å². The Labute approximate surface area is 131 Å². The Morgan fingerprint density at radius 2 is 1.86 bits per heavy atom. The van der Waals surface area contributed by atoms with Crippen LogP contribution in [-0.2, 0) is 19.1 Å². The van der Waals surface area contributed by atoms with Gasteiger partial charge in [-0.05, 0) is 24.2 Å². The highest BCUT2D eigenvalue weighted by atomic mass is 16.5. The molecule has 5 nitrogen and oxygen atoms in total. The summed E-state index contributed by atoms with van der Waals surface area (Å²) >= 11 is 0. The summed E-state index contributed by atoms with van der Waals surface area (Å²) in [5.74, 6) is -1.64. The number of hydrogen-bond donors (Lipinski definition) is 1. The van der Waals surface area contributed by atoms with E-state index in [1.807, 2.05) is 20.8 Å². The summed E-state index contributed by atoms with van der Waals surface area (Å²) in [7, 11) is 0. The number of carbonyl (C=O) groups excluding carboxylic acids is 3. The second kappa shape index (κ2) is 5.15. The first kappa shape index (κ1) is 17.1. The van der Waals surface area contributed by atoms with Gasteiger partial charge in [-0.15, -0.1) is 0 Å². The molecule has 2 saturated carbocycles. The van der Waals surface area contributed by atoms with Gasteiger partial charge in [0, 0.05) is 18.8 Å². The normalized spacial score (nSPS) is 46.6. The standard InChI is InChI=1S/C17H26O5/c1-10-6-13(22-11(2)20)14-15(3,4)8-16(5,9-19)17(14,21)12(10)7-18/h7,9-10,12-14,21H,6,8H2,1-5H3/t10-,12-,13+,14+,16-,17-/m1/s1. The third-order valence-corrected chi connectivity index (χ3v) is 5.87. The predicted octanol–water partition coefficient (Wildman–Crippen LogP) is 1.76. The summed E-state index contributed by atoms with van der Waals surface area (Å²) in [5, 5.41) is 11.5. The Kier molecular flexibility index (Phi) is 4.01. The molecule has 0 aromatic heterocycles. The van der Waals surface area contributed by atoms with Crippen molar-refractivity contribution in [3.05, 3.63) is 0 Å². The zero-order chi connectivity index (χ0) is 16.9. The van der Waals surface area contributed by atoms with Crippen molar-refractivity contribution in [1.29, 1.82) is 0 Å². The highest BCUT2D eigenvalue weighted by Gasteiger charge is 2.72. The van der Waals surface area contributed by atoms with E-state index in [2.05, 4.69) is 0 Å². The maximum absolute atomic E-state index is 11.8. The fraction of sp³-hybridized carbons (Fsp3) is 0.824. The van der Waals surface area contributed by atoms with Crippen molar-refractivity contribution in [2.24, 2.45) is 28.6 Å². The molecule has 5 heteroatoms. The molecule has 0 aromatic rings. The van der Waals surface area contributed by atoms with Crippen molar-refractivity contribution < 1.29 is 24.2 Å². The summed E-state index contributed by atoms with van der Waals surface area (Å²) in [6.45, 7) is 8.84. The summed E-state index contributed by atoms with van der Waals surface area (Å²) in [4.78, 5) is 34.9. The quantitative estimate of drug-likeness (QED) is 0.634. The fourth-order valence-corrected chi connectivity index (χ4v) is 5.31. The van der Waals surface area contributed by atoms with Gasteiger partial charge in [0.2, 0.25) is 0 Å². The molecule has 6 atom stereocenters. The molecule has 22 heavy (non-hydrogen) atoms. The minimum atomic E-state index is -1.49. The minimum Gasteiger partial charge on any atom is -0.462 e. The molecule has 0 aliphatic heterocycles. The van der Waals surface area contributed by atoms with E-state index >= 15 is 0 Å². The van der Waals surface area contributed by atoms with E-state index in [1.165, 1.54) is 6.92 Å². The van der Waals surface area contributed by atoms with Gasteiger partial charge in [0.25, 0.3) is 0 Å². The highest BCUT2D eigenvalue weighted by Crippen LogP contribution is 2.65. The fourth-order valence-electron chi connectivity index (χ4n) is 5.31. The van der Waals surface area contributed by atoms with Crippen molar-refractivity contribution in [2.45, 2.75) is 59.2 Å². The molecule has 0 spiro atoms. The molecule has 0 saturated heterocycles. The molecular formula is C17H26O5. The number of rotatable bonds is 3. The lowest BCUT2D eigenvalue weighted by atomic mass is 9.56. The van der Waals surface area contributed by atoms with E-state index in [4.69, 9.17) is 4.74 Å². The van der Waals surface area contributed by atoms with Crippen molar-refractivity contribution in [2.75, 3.05) is 0 Å². The van der Waals surface area contributed by atoms with E-state index in [0.29, 0.717) is 12.8 Å². The number of carbonyl (C=O) groups is 3. The van der Waals surface area contributed by atoms with Crippen LogP contribution in [-0.4, -0.2) is 35.4 Å². The molecule has 0 unspecified atom stereocenters. The van der Waals surface area contributed by atoms with Crippen LogP contribution in [0.25, 0.3) is 0 Å². The average Bonchev–Trinajstić information content (AvgIpc) is 2.52. The molecule has 2 aliphatic rings. The molecule has 0 bridgehead atoms. The number of esters is 1. The van der Waals surface area contributed by atoms with Gasteiger partial charge in [-0.25, -0.2) is 0 Å². The van der Waals surface area contributed by atoms with Gasteiger partial charge in [-0.2, -0.15) is 0 Å². The summed E-state index contributed by atoms with van der Waals surface area (Å²) < 4.78 is 5.48. The van der Waals surface area contributed by atoms with Gasteiger partial charge in [-0.3, -0.25) is 4.79 Å². The maximum Gasteiger partial charge on any atom is 0.302 e. The molecule has 2 aliphatic carbocycles. The van der Waals surface area contributed by atoms with Crippen LogP contribution in [0.1, 0.15) is 47.5 Å². The zero-order valence-corrected chi connectivity index (χ0v) is 14.0. The van der Waals surface area contributed by atoms with Gasteiger partial charge >= 0.3 is 5.97 Å².